The van der Waals surface area contributed by atoms with Crippen LogP contribution >= 0.6 is 0 Å². The van der Waals surface area contributed by atoms with E-state index in [0.717, 1.165) is 37.5 Å². The molecule has 1 aromatic carbocycles. The van der Waals surface area contributed by atoms with Gasteiger partial charge in [-0.15, -0.1) is 0 Å². The van der Waals surface area contributed by atoms with Gasteiger partial charge in [0.25, 0.3) is 5.91 Å². The molecule has 0 aliphatic heterocycles. The Balaban J connectivity index is 1.32. The minimum Gasteiger partial charge on any atom is -0.449 e. The number of halogens is 3. The lowest BCUT2D eigenvalue weighted by Gasteiger charge is -2.57. The Morgan fingerprint density at radius 3 is 2.30 bits per heavy atom. The predicted molar refractivity (Wildman–Crippen MR) is 105 cm³/mol. The topological polar surface area (TPSA) is 55.4 Å². The molecule has 4 aliphatic rings. The van der Waals surface area contributed by atoms with E-state index in [4.69, 9.17) is 4.74 Å². The van der Waals surface area contributed by atoms with Crippen LogP contribution in [0.4, 0.5) is 13.2 Å². The minimum absolute atomic E-state index is 0.166. The largest absolute Gasteiger partial charge is 0.449 e. The van der Waals surface area contributed by atoms with E-state index in [2.05, 4.69) is 5.32 Å². The molecule has 4 saturated carbocycles. The Hall–Kier alpha value is -2.31. The van der Waals surface area contributed by atoms with Crippen LogP contribution in [0.1, 0.15) is 56.6 Å². The number of nitrogens with one attached hydrogen (secondary N) is 1. The number of rotatable bonds is 5. The highest BCUT2D eigenvalue weighted by Crippen LogP contribution is 2.55. The zero-order valence-corrected chi connectivity index (χ0v) is 16.9. The van der Waals surface area contributed by atoms with E-state index in [-0.39, 0.29) is 17.0 Å². The van der Waals surface area contributed by atoms with Crippen LogP contribution < -0.4 is 5.32 Å². The Morgan fingerprint density at radius 1 is 1.13 bits per heavy atom. The Morgan fingerprint density at radius 2 is 1.73 bits per heavy atom. The van der Waals surface area contributed by atoms with E-state index in [1.807, 2.05) is 0 Å². The number of hydrogen-bond acceptors (Lipinski definition) is 3. The lowest BCUT2D eigenvalue weighted by atomic mass is 9.53. The Bertz CT molecular complexity index is 826. The first-order chi connectivity index (χ1) is 14.1. The van der Waals surface area contributed by atoms with E-state index < -0.39 is 23.8 Å². The molecular weight excluding hydrogens is 395 g/mol. The van der Waals surface area contributed by atoms with Crippen molar-refractivity contribution in [3.8, 4) is 0 Å². The standard InChI is InChI=1S/C23H26F3NO3/c1-14(21(29)27-22-11-16-7-17(12-22)9-18(8-16)13-22)30-20(28)6-5-15-3-2-4-19(10-15)23(24,25)26/h2-6,10,14,16-18H,7-9,11-13H2,1H3,(H,27,29)/b6-5+/t14-,16?,17?,18?,22?/m0/s1. The number of carbonyl (C=O) groups is 2. The first kappa shape index (κ1) is 20.9. The molecule has 1 amide bonds. The van der Waals surface area contributed by atoms with Gasteiger partial charge in [0.15, 0.2) is 6.10 Å². The average Bonchev–Trinajstić information content (AvgIpc) is 2.64. The van der Waals surface area contributed by atoms with Crippen molar-refractivity contribution in [3.63, 3.8) is 0 Å². The van der Waals surface area contributed by atoms with E-state index >= 15 is 0 Å². The van der Waals surface area contributed by atoms with Gasteiger partial charge in [-0.2, -0.15) is 13.2 Å². The van der Waals surface area contributed by atoms with Crippen molar-refractivity contribution >= 4 is 18.0 Å². The minimum atomic E-state index is -4.45. The molecule has 0 aromatic heterocycles. The van der Waals surface area contributed by atoms with Gasteiger partial charge in [0.2, 0.25) is 0 Å². The summed E-state index contributed by atoms with van der Waals surface area (Å²) in [5, 5.41) is 3.16. The monoisotopic (exact) mass is 421 g/mol. The van der Waals surface area contributed by atoms with Crippen molar-refractivity contribution in [1.82, 2.24) is 5.32 Å². The zero-order chi connectivity index (χ0) is 21.5. The number of hydrogen-bond donors (Lipinski definition) is 1. The molecule has 30 heavy (non-hydrogen) atoms. The van der Waals surface area contributed by atoms with Gasteiger partial charge in [-0.25, -0.2) is 4.79 Å². The van der Waals surface area contributed by atoms with Crippen molar-refractivity contribution in [3.05, 3.63) is 41.5 Å². The lowest BCUT2D eigenvalue weighted by molar-refractivity contribution is -0.152. The third kappa shape index (κ3) is 4.55. The van der Waals surface area contributed by atoms with Gasteiger partial charge in [-0.3, -0.25) is 4.79 Å². The van der Waals surface area contributed by atoms with E-state index in [0.29, 0.717) is 17.8 Å². The maximum Gasteiger partial charge on any atom is 0.416 e. The van der Waals surface area contributed by atoms with Crippen LogP contribution in [-0.4, -0.2) is 23.5 Å². The van der Waals surface area contributed by atoms with Gasteiger partial charge in [-0.1, -0.05) is 12.1 Å². The van der Waals surface area contributed by atoms with Crippen molar-refractivity contribution in [2.45, 2.75) is 63.3 Å². The van der Waals surface area contributed by atoms with Crippen LogP contribution in [0, 0.1) is 17.8 Å². The van der Waals surface area contributed by atoms with Crippen LogP contribution in [0.2, 0.25) is 0 Å². The molecule has 0 unspecified atom stereocenters. The summed E-state index contributed by atoms with van der Waals surface area (Å²) in [4.78, 5) is 24.7. The van der Waals surface area contributed by atoms with Crippen LogP contribution in [0.3, 0.4) is 0 Å². The first-order valence-corrected chi connectivity index (χ1v) is 10.5. The number of alkyl halides is 3. The number of esters is 1. The second kappa shape index (κ2) is 7.75. The average molecular weight is 421 g/mol. The fraction of sp³-hybridized carbons (Fsp3) is 0.565. The summed E-state index contributed by atoms with van der Waals surface area (Å²) in [5.41, 5.74) is -0.728. The van der Waals surface area contributed by atoms with Gasteiger partial charge >= 0.3 is 12.1 Å². The Labute approximate surface area is 173 Å². The number of benzene rings is 1. The maximum atomic E-state index is 12.8. The smallest absolute Gasteiger partial charge is 0.416 e. The van der Waals surface area contributed by atoms with Gasteiger partial charge in [0.1, 0.15) is 0 Å². The first-order valence-electron chi connectivity index (χ1n) is 10.5. The molecule has 7 heteroatoms. The quantitative estimate of drug-likeness (QED) is 0.552. The van der Waals surface area contributed by atoms with E-state index in [9.17, 15) is 22.8 Å². The summed E-state index contributed by atoms with van der Waals surface area (Å²) >= 11 is 0. The van der Waals surface area contributed by atoms with Crippen LogP contribution in [0.15, 0.2) is 30.3 Å². The highest BCUT2D eigenvalue weighted by Gasteiger charge is 2.51. The third-order valence-corrected chi connectivity index (χ3v) is 6.71. The van der Waals surface area contributed by atoms with Crippen molar-refractivity contribution < 1.29 is 27.5 Å². The summed E-state index contributed by atoms with van der Waals surface area (Å²) in [7, 11) is 0. The molecule has 4 aliphatic carbocycles. The summed E-state index contributed by atoms with van der Waals surface area (Å²) in [6.07, 6.45) is 3.68. The third-order valence-electron chi connectivity index (χ3n) is 6.71. The molecule has 4 fully saturated rings. The molecule has 1 aromatic rings. The molecule has 162 valence electrons. The second-order valence-corrected chi connectivity index (χ2v) is 9.22. The summed E-state index contributed by atoms with van der Waals surface area (Å²) < 4.78 is 43.5. The van der Waals surface area contributed by atoms with E-state index in [1.165, 1.54) is 44.4 Å². The molecule has 4 bridgehead atoms. The molecule has 1 N–H and O–H groups in total. The molecule has 1 atom stereocenters. The number of amides is 1. The lowest BCUT2D eigenvalue weighted by Crippen LogP contribution is -2.61. The summed E-state index contributed by atoms with van der Waals surface area (Å²) in [6.45, 7) is 1.52. The van der Waals surface area contributed by atoms with Gasteiger partial charge in [0.05, 0.1) is 5.56 Å². The van der Waals surface area contributed by atoms with Gasteiger partial charge < -0.3 is 10.1 Å². The predicted octanol–water partition coefficient (Wildman–Crippen LogP) is 4.74. The number of ether oxygens (including phenoxy) is 1. The van der Waals surface area contributed by atoms with Crippen LogP contribution in [-0.2, 0) is 20.5 Å². The molecule has 4 nitrogen and oxygen atoms in total. The van der Waals surface area contributed by atoms with Gasteiger partial charge in [-0.05, 0) is 87.0 Å². The Kier molecular flexibility index (Phi) is 5.41. The molecule has 5 rings (SSSR count). The van der Waals surface area contributed by atoms with Crippen LogP contribution in [0.5, 0.6) is 0 Å². The summed E-state index contributed by atoms with van der Waals surface area (Å²) in [6, 6.07) is 4.65. The molecule has 0 spiro atoms. The normalized spacial score (nSPS) is 31.0. The highest BCUT2D eigenvalue weighted by molar-refractivity contribution is 5.90. The molecule has 0 saturated heterocycles. The zero-order valence-electron chi connectivity index (χ0n) is 16.9. The molecule has 0 radical (unpaired) electrons. The number of carbonyl (C=O) groups excluding carboxylic acids is 2. The fourth-order valence-electron chi connectivity index (χ4n) is 5.88. The second-order valence-electron chi connectivity index (χ2n) is 9.22. The highest BCUT2D eigenvalue weighted by atomic mass is 19.4. The van der Waals surface area contributed by atoms with Crippen molar-refractivity contribution in [2.24, 2.45) is 17.8 Å². The van der Waals surface area contributed by atoms with Crippen LogP contribution in [0.25, 0.3) is 6.08 Å². The SMILES string of the molecule is C[C@H](OC(=O)/C=C/c1cccc(C(F)(F)F)c1)C(=O)NC12CC3CC(CC(C3)C1)C2. The molecule has 0 heterocycles. The van der Waals surface area contributed by atoms with Crippen molar-refractivity contribution in [1.29, 1.82) is 0 Å². The van der Waals surface area contributed by atoms with Gasteiger partial charge in [0, 0.05) is 11.6 Å². The maximum absolute atomic E-state index is 12.8. The fourth-order valence-corrected chi connectivity index (χ4v) is 5.88. The van der Waals surface area contributed by atoms with Crippen molar-refractivity contribution in [2.75, 3.05) is 0 Å². The van der Waals surface area contributed by atoms with E-state index in [1.54, 1.807) is 0 Å². The molecular formula is C23H26F3NO3. The summed E-state index contributed by atoms with van der Waals surface area (Å²) in [5.74, 6) is 0.984.